The first kappa shape index (κ1) is 15.7. The molecule has 1 aliphatic carbocycles. The zero-order valence-electron chi connectivity index (χ0n) is 13.8. The van der Waals surface area contributed by atoms with Gasteiger partial charge in [-0.25, -0.2) is 9.67 Å². The fourth-order valence-corrected chi connectivity index (χ4v) is 3.44. The van der Waals surface area contributed by atoms with Crippen LogP contribution in [0.1, 0.15) is 45.1 Å². The maximum atomic E-state index is 12.2. The highest BCUT2D eigenvalue weighted by Crippen LogP contribution is 2.50. The van der Waals surface area contributed by atoms with Crippen LogP contribution in [0.2, 0.25) is 0 Å². The fourth-order valence-electron chi connectivity index (χ4n) is 3.44. The molecule has 0 saturated heterocycles. The van der Waals surface area contributed by atoms with Crippen molar-refractivity contribution in [2.75, 3.05) is 0 Å². The Kier molecular flexibility index (Phi) is 4.46. The fraction of sp³-hybridized carbons (Fsp3) is 0.500. The maximum absolute atomic E-state index is 12.2. The number of aromatic nitrogens is 3. The van der Waals surface area contributed by atoms with E-state index in [0.29, 0.717) is 12.0 Å². The number of nitrogens with zero attached hydrogens (tertiary/aromatic N) is 3. The van der Waals surface area contributed by atoms with Crippen molar-refractivity contribution in [3.63, 3.8) is 0 Å². The number of carbonyl (C=O) groups excluding carboxylic acids is 1. The topological polar surface area (TPSA) is 59.8 Å². The molecule has 0 aliphatic heterocycles. The van der Waals surface area contributed by atoms with E-state index in [4.69, 9.17) is 0 Å². The number of benzene rings is 1. The van der Waals surface area contributed by atoms with Gasteiger partial charge in [-0.3, -0.25) is 4.79 Å². The minimum absolute atomic E-state index is 0.197. The quantitative estimate of drug-likeness (QED) is 0.891. The van der Waals surface area contributed by atoms with E-state index in [-0.39, 0.29) is 11.8 Å². The molecule has 0 unspecified atom stereocenters. The van der Waals surface area contributed by atoms with Crippen molar-refractivity contribution in [1.82, 2.24) is 20.1 Å². The standard InChI is InChI=1S/C18H24N4O/c1-3-18(4-2)9-15(10-18)17(23)20-11-14-5-7-16(8-6-14)22-13-19-12-21-22/h5-8,12-13,15H,3-4,9-11H2,1-2H3,(H,20,23). The van der Waals surface area contributed by atoms with Crippen LogP contribution >= 0.6 is 0 Å². The highest BCUT2D eigenvalue weighted by atomic mass is 16.1. The molecule has 0 atom stereocenters. The third-order valence-corrected chi connectivity index (χ3v) is 5.32. The zero-order valence-corrected chi connectivity index (χ0v) is 13.8. The zero-order chi connectivity index (χ0) is 16.3. The molecular formula is C18H24N4O. The van der Waals surface area contributed by atoms with Gasteiger partial charge in [0.05, 0.1) is 5.69 Å². The molecule has 1 aliphatic rings. The number of hydrogen-bond donors (Lipinski definition) is 1. The summed E-state index contributed by atoms with van der Waals surface area (Å²) in [5.41, 5.74) is 2.48. The number of nitrogens with one attached hydrogen (secondary N) is 1. The largest absolute Gasteiger partial charge is 0.352 e. The van der Waals surface area contributed by atoms with Crippen LogP contribution in [0.3, 0.4) is 0 Å². The number of amides is 1. The van der Waals surface area contributed by atoms with Crippen LogP contribution in [0.5, 0.6) is 0 Å². The first-order valence-electron chi connectivity index (χ1n) is 8.37. The molecule has 1 aromatic carbocycles. The third kappa shape index (κ3) is 3.28. The van der Waals surface area contributed by atoms with Gasteiger partial charge in [0.1, 0.15) is 12.7 Å². The summed E-state index contributed by atoms with van der Waals surface area (Å²) in [5.74, 6) is 0.396. The van der Waals surface area contributed by atoms with Crippen LogP contribution in [-0.2, 0) is 11.3 Å². The van der Waals surface area contributed by atoms with Crippen LogP contribution in [0, 0.1) is 11.3 Å². The van der Waals surface area contributed by atoms with Crippen molar-refractivity contribution < 1.29 is 4.79 Å². The van der Waals surface area contributed by atoms with E-state index in [1.807, 2.05) is 24.3 Å². The summed E-state index contributed by atoms with van der Waals surface area (Å²) in [4.78, 5) is 16.2. The Hall–Kier alpha value is -2.17. The molecule has 122 valence electrons. The predicted octanol–water partition coefficient (Wildman–Crippen LogP) is 3.10. The van der Waals surface area contributed by atoms with Gasteiger partial charge in [0.25, 0.3) is 0 Å². The number of carbonyl (C=O) groups is 1. The van der Waals surface area contributed by atoms with Crippen molar-refractivity contribution in [1.29, 1.82) is 0 Å². The molecule has 1 saturated carbocycles. The minimum Gasteiger partial charge on any atom is -0.352 e. The molecule has 1 amide bonds. The van der Waals surface area contributed by atoms with Gasteiger partial charge in [-0.2, -0.15) is 5.10 Å². The summed E-state index contributed by atoms with van der Waals surface area (Å²) < 4.78 is 1.71. The monoisotopic (exact) mass is 312 g/mol. The molecule has 1 N–H and O–H groups in total. The number of hydrogen-bond acceptors (Lipinski definition) is 3. The minimum atomic E-state index is 0.197. The lowest BCUT2D eigenvalue weighted by atomic mass is 9.59. The third-order valence-electron chi connectivity index (χ3n) is 5.32. The van der Waals surface area contributed by atoms with E-state index in [2.05, 4.69) is 29.2 Å². The Morgan fingerprint density at radius 1 is 1.26 bits per heavy atom. The summed E-state index contributed by atoms with van der Waals surface area (Å²) in [6.45, 7) is 5.04. The average Bonchev–Trinajstić information content (AvgIpc) is 3.08. The van der Waals surface area contributed by atoms with E-state index in [1.165, 1.54) is 19.2 Å². The van der Waals surface area contributed by atoms with Gasteiger partial charge in [-0.1, -0.05) is 38.8 Å². The van der Waals surface area contributed by atoms with Crippen molar-refractivity contribution >= 4 is 5.91 Å². The molecule has 1 aromatic heterocycles. The van der Waals surface area contributed by atoms with Gasteiger partial charge in [0.2, 0.25) is 5.91 Å². The van der Waals surface area contributed by atoms with Crippen molar-refractivity contribution in [3.8, 4) is 5.69 Å². The first-order chi connectivity index (χ1) is 11.2. The lowest BCUT2D eigenvalue weighted by Crippen LogP contribution is -2.44. The molecule has 1 fully saturated rings. The lowest BCUT2D eigenvalue weighted by Gasteiger charge is -2.46. The van der Waals surface area contributed by atoms with Gasteiger partial charge in [0, 0.05) is 12.5 Å². The SMILES string of the molecule is CCC1(CC)CC(C(=O)NCc2ccc(-n3cncn3)cc2)C1. The Bertz CT molecular complexity index is 636. The van der Waals surface area contributed by atoms with Gasteiger partial charge in [0.15, 0.2) is 0 Å². The van der Waals surface area contributed by atoms with Gasteiger partial charge in [-0.15, -0.1) is 0 Å². The highest BCUT2D eigenvalue weighted by Gasteiger charge is 2.44. The van der Waals surface area contributed by atoms with Crippen LogP contribution < -0.4 is 5.32 Å². The van der Waals surface area contributed by atoms with Crippen LogP contribution in [-0.4, -0.2) is 20.7 Å². The maximum Gasteiger partial charge on any atom is 0.223 e. The Morgan fingerprint density at radius 2 is 1.96 bits per heavy atom. The van der Waals surface area contributed by atoms with E-state index in [9.17, 15) is 4.79 Å². The van der Waals surface area contributed by atoms with E-state index in [1.54, 1.807) is 11.0 Å². The first-order valence-corrected chi connectivity index (χ1v) is 8.37. The second-order valence-corrected chi connectivity index (χ2v) is 6.54. The average molecular weight is 312 g/mol. The van der Waals surface area contributed by atoms with Crippen LogP contribution in [0.4, 0.5) is 0 Å². The van der Waals surface area contributed by atoms with Crippen molar-refractivity contribution in [2.24, 2.45) is 11.3 Å². The molecule has 2 aromatic rings. The summed E-state index contributed by atoms with van der Waals surface area (Å²) in [6.07, 6.45) is 7.61. The van der Waals surface area contributed by atoms with E-state index < -0.39 is 0 Å². The Morgan fingerprint density at radius 3 is 2.52 bits per heavy atom. The van der Waals surface area contributed by atoms with Gasteiger partial charge in [-0.05, 0) is 36.0 Å². The smallest absolute Gasteiger partial charge is 0.223 e. The second kappa shape index (κ2) is 6.52. The summed E-state index contributed by atoms with van der Waals surface area (Å²) in [5, 5.41) is 7.17. The molecule has 3 rings (SSSR count). The molecule has 1 heterocycles. The molecule has 0 radical (unpaired) electrons. The summed E-state index contributed by atoms with van der Waals surface area (Å²) in [7, 11) is 0. The van der Waals surface area contributed by atoms with Crippen molar-refractivity contribution in [2.45, 2.75) is 46.1 Å². The van der Waals surface area contributed by atoms with Crippen molar-refractivity contribution in [3.05, 3.63) is 42.5 Å². The molecule has 0 spiro atoms. The predicted molar refractivity (Wildman–Crippen MR) is 88.9 cm³/mol. The second-order valence-electron chi connectivity index (χ2n) is 6.54. The van der Waals surface area contributed by atoms with Gasteiger partial charge >= 0.3 is 0 Å². The summed E-state index contributed by atoms with van der Waals surface area (Å²) in [6, 6.07) is 8.00. The molecule has 5 heteroatoms. The molecule has 0 bridgehead atoms. The summed E-state index contributed by atoms with van der Waals surface area (Å²) >= 11 is 0. The van der Waals surface area contributed by atoms with E-state index in [0.717, 1.165) is 24.1 Å². The van der Waals surface area contributed by atoms with Crippen LogP contribution in [0.15, 0.2) is 36.9 Å². The molecular weight excluding hydrogens is 288 g/mol. The molecule has 23 heavy (non-hydrogen) atoms. The number of rotatable bonds is 6. The Labute approximate surface area is 137 Å². The van der Waals surface area contributed by atoms with E-state index >= 15 is 0 Å². The normalized spacial score (nSPS) is 16.8. The van der Waals surface area contributed by atoms with Gasteiger partial charge < -0.3 is 5.32 Å². The highest BCUT2D eigenvalue weighted by molar-refractivity contribution is 5.79. The lowest BCUT2D eigenvalue weighted by molar-refractivity contribution is -0.133. The molecule has 5 nitrogen and oxygen atoms in total. The Balaban J connectivity index is 1.50. The van der Waals surface area contributed by atoms with Crippen LogP contribution in [0.25, 0.3) is 5.69 Å².